The molecule has 0 aromatic carbocycles. The van der Waals surface area contributed by atoms with Crippen molar-refractivity contribution in [2.75, 3.05) is 0 Å². The Bertz CT molecular complexity index is 713. The minimum Gasteiger partial charge on any atom is -0.455 e. The molecule has 110 valence electrons. The average Bonchev–Trinajstić information content (AvgIpc) is 2.36. The lowest BCUT2D eigenvalue weighted by Gasteiger charge is -2.21. The summed E-state index contributed by atoms with van der Waals surface area (Å²) in [5.41, 5.74) is -0.0672. The van der Waals surface area contributed by atoms with E-state index in [4.69, 9.17) is 4.74 Å². The fourth-order valence-corrected chi connectivity index (χ4v) is 1.90. The van der Waals surface area contributed by atoms with Gasteiger partial charge in [0.25, 0.3) is 5.56 Å². The van der Waals surface area contributed by atoms with Crippen molar-refractivity contribution in [2.45, 2.75) is 33.3 Å². The molecule has 0 radical (unpaired) electrons. The molecule has 2 aromatic heterocycles. The maximum atomic E-state index is 12.3. The van der Waals surface area contributed by atoms with Crippen LogP contribution in [0.15, 0.2) is 41.3 Å². The van der Waals surface area contributed by atoms with Crippen molar-refractivity contribution in [3.05, 3.63) is 58.1 Å². The van der Waals surface area contributed by atoms with Gasteiger partial charge < -0.3 is 4.74 Å². The Kier molecular flexibility index (Phi) is 3.93. The second kappa shape index (κ2) is 5.52. The number of carbonyl (C=O) groups excluding carboxylic acids is 1. The molecular formula is C16H18N2O3. The number of nitrogens with zero attached hydrogens (tertiary/aromatic N) is 2. The number of hydrogen-bond acceptors (Lipinski definition) is 4. The second-order valence-electron chi connectivity index (χ2n) is 5.78. The van der Waals surface area contributed by atoms with Crippen LogP contribution in [0, 0.1) is 6.92 Å². The minimum absolute atomic E-state index is 0.175. The van der Waals surface area contributed by atoms with E-state index in [0.29, 0.717) is 11.4 Å². The molecular weight excluding hydrogens is 268 g/mol. The molecule has 5 heteroatoms. The number of rotatable bonds is 2. The third kappa shape index (κ3) is 3.56. The summed E-state index contributed by atoms with van der Waals surface area (Å²) in [5, 5.41) is 0. The van der Waals surface area contributed by atoms with Crippen LogP contribution in [0.1, 0.15) is 36.8 Å². The quantitative estimate of drug-likeness (QED) is 0.796. The summed E-state index contributed by atoms with van der Waals surface area (Å²) >= 11 is 0. The highest BCUT2D eigenvalue weighted by molar-refractivity contribution is 5.88. The molecule has 0 spiro atoms. The van der Waals surface area contributed by atoms with E-state index in [1.165, 1.54) is 10.6 Å². The van der Waals surface area contributed by atoms with Crippen LogP contribution in [0.4, 0.5) is 0 Å². The number of esters is 1. The lowest BCUT2D eigenvalue weighted by molar-refractivity contribution is 0.00589. The molecule has 0 fully saturated rings. The van der Waals surface area contributed by atoms with Crippen molar-refractivity contribution in [1.82, 2.24) is 9.55 Å². The molecule has 0 aliphatic rings. The Morgan fingerprint density at radius 3 is 2.52 bits per heavy atom. The molecule has 0 aliphatic carbocycles. The van der Waals surface area contributed by atoms with E-state index in [-0.39, 0.29) is 11.3 Å². The summed E-state index contributed by atoms with van der Waals surface area (Å²) in [6, 6.07) is 8.26. The SMILES string of the molecule is Cc1cc(C(=O)OC(C)(C)C)n(-c2ccccn2)c(=O)c1. The third-order valence-electron chi connectivity index (χ3n) is 2.66. The first-order chi connectivity index (χ1) is 9.78. The van der Waals surface area contributed by atoms with Gasteiger partial charge in [-0.1, -0.05) is 6.07 Å². The normalized spacial score (nSPS) is 11.2. The zero-order valence-corrected chi connectivity index (χ0v) is 12.6. The van der Waals surface area contributed by atoms with Gasteiger partial charge in [0.1, 0.15) is 17.1 Å². The van der Waals surface area contributed by atoms with Crippen molar-refractivity contribution < 1.29 is 9.53 Å². The number of aromatic nitrogens is 2. The van der Waals surface area contributed by atoms with Gasteiger partial charge in [-0.3, -0.25) is 9.36 Å². The van der Waals surface area contributed by atoms with Crippen LogP contribution in [0.5, 0.6) is 0 Å². The van der Waals surface area contributed by atoms with Gasteiger partial charge in [-0.2, -0.15) is 0 Å². The number of pyridine rings is 2. The smallest absolute Gasteiger partial charge is 0.355 e. The van der Waals surface area contributed by atoms with Gasteiger partial charge in [0.2, 0.25) is 0 Å². The molecule has 0 saturated carbocycles. The number of ether oxygens (including phenoxy) is 1. The van der Waals surface area contributed by atoms with E-state index in [1.54, 1.807) is 58.2 Å². The summed E-state index contributed by atoms with van der Waals surface area (Å²) in [7, 11) is 0. The van der Waals surface area contributed by atoms with Crippen LogP contribution in [-0.4, -0.2) is 21.1 Å². The maximum Gasteiger partial charge on any atom is 0.355 e. The van der Waals surface area contributed by atoms with Crippen molar-refractivity contribution in [2.24, 2.45) is 0 Å². The molecule has 5 nitrogen and oxygen atoms in total. The van der Waals surface area contributed by atoms with Gasteiger partial charge in [-0.05, 0) is 51.5 Å². The van der Waals surface area contributed by atoms with Gasteiger partial charge in [0.15, 0.2) is 0 Å². The third-order valence-corrected chi connectivity index (χ3v) is 2.66. The molecule has 0 saturated heterocycles. The minimum atomic E-state index is -0.633. The van der Waals surface area contributed by atoms with Crippen molar-refractivity contribution in [3.63, 3.8) is 0 Å². The zero-order valence-electron chi connectivity index (χ0n) is 12.6. The lowest BCUT2D eigenvalue weighted by Crippen LogP contribution is -2.30. The first-order valence-corrected chi connectivity index (χ1v) is 6.66. The van der Waals surface area contributed by atoms with Crippen molar-refractivity contribution >= 4 is 5.97 Å². The Morgan fingerprint density at radius 1 is 1.24 bits per heavy atom. The number of hydrogen-bond donors (Lipinski definition) is 0. The average molecular weight is 286 g/mol. The van der Waals surface area contributed by atoms with Crippen molar-refractivity contribution in [1.29, 1.82) is 0 Å². The summed E-state index contributed by atoms with van der Waals surface area (Å²) in [5.74, 6) is -0.155. The molecule has 2 aromatic rings. The Hall–Kier alpha value is -2.43. The summed E-state index contributed by atoms with van der Waals surface area (Å²) in [6.45, 7) is 7.11. The molecule has 2 rings (SSSR count). The van der Waals surface area contributed by atoms with E-state index in [0.717, 1.165) is 0 Å². The summed E-state index contributed by atoms with van der Waals surface area (Å²) in [4.78, 5) is 28.7. The van der Waals surface area contributed by atoms with Gasteiger partial charge in [0.05, 0.1) is 0 Å². The van der Waals surface area contributed by atoms with Crippen LogP contribution < -0.4 is 5.56 Å². The highest BCUT2D eigenvalue weighted by atomic mass is 16.6. The lowest BCUT2D eigenvalue weighted by atomic mass is 10.2. The molecule has 2 heterocycles. The van der Waals surface area contributed by atoms with Gasteiger partial charge >= 0.3 is 5.97 Å². The van der Waals surface area contributed by atoms with Gasteiger partial charge in [0, 0.05) is 12.3 Å². The van der Waals surface area contributed by atoms with Crippen LogP contribution >= 0.6 is 0 Å². The number of carbonyl (C=O) groups is 1. The van der Waals surface area contributed by atoms with Crippen LogP contribution in [-0.2, 0) is 4.74 Å². The molecule has 0 aliphatic heterocycles. The standard InChI is InChI=1S/C16H18N2O3/c1-11-9-12(15(20)21-16(2,3)4)18(14(19)10-11)13-7-5-6-8-17-13/h5-10H,1-4H3. The monoisotopic (exact) mass is 286 g/mol. The van der Waals surface area contributed by atoms with E-state index in [9.17, 15) is 9.59 Å². The topological polar surface area (TPSA) is 61.2 Å². The first kappa shape index (κ1) is 15.0. The maximum absolute atomic E-state index is 12.3. The van der Waals surface area contributed by atoms with Gasteiger partial charge in [-0.25, -0.2) is 9.78 Å². The predicted octanol–water partition coefficient (Wildman–Crippen LogP) is 2.50. The fraction of sp³-hybridized carbons (Fsp3) is 0.312. The second-order valence-corrected chi connectivity index (χ2v) is 5.78. The predicted molar refractivity (Wildman–Crippen MR) is 79.7 cm³/mol. The Morgan fingerprint density at radius 2 is 1.95 bits per heavy atom. The Balaban J connectivity index is 2.60. The highest BCUT2D eigenvalue weighted by Crippen LogP contribution is 2.14. The molecule has 0 amide bonds. The Labute approximate surface area is 123 Å². The molecule has 0 bridgehead atoms. The van der Waals surface area contributed by atoms with E-state index in [1.807, 2.05) is 0 Å². The highest BCUT2D eigenvalue weighted by Gasteiger charge is 2.22. The van der Waals surface area contributed by atoms with E-state index in [2.05, 4.69) is 4.98 Å². The largest absolute Gasteiger partial charge is 0.455 e. The molecule has 0 N–H and O–H groups in total. The van der Waals surface area contributed by atoms with Crippen molar-refractivity contribution in [3.8, 4) is 5.82 Å². The molecule has 21 heavy (non-hydrogen) atoms. The van der Waals surface area contributed by atoms with Crippen LogP contribution in [0.25, 0.3) is 5.82 Å². The van der Waals surface area contributed by atoms with Crippen LogP contribution in [0.2, 0.25) is 0 Å². The zero-order chi connectivity index (χ0) is 15.6. The summed E-state index contributed by atoms with van der Waals surface area (Å²) < 4.78 is 6.63. The molecule has 0 atom stereocenters. The summed E-state index contributed by atoms with van der Waals surface area (Å²) in [6.07, 6.45) is 1.57. The van der Waals surface area contributed by atoms with E-state index < -0.39 is 11.6 Å². The molecule has 0 unspecified atom stereocenters. The van der Waals surface area contributed by atoms with Gasteiger partial charge in [-0.15, -0.1) is 0 Å². The van der Waals surface area contributed by atoms with E-state index >= 15 is 0 Å². The first-order valence-electron chi connectivity index (χ1n) is 6.66. The fourth-order valence-electron chi connectivity index (χ4n) is 1.90. The number of aryl methyl sites for hydroxylation is 1. The van der Waals surface area contributed by atoms with Crippen LogP contribution in [0.3, 0.4) is 0 Å².